The number of imidazole rings is 1. The summed E-state index contributed by atoms with van der Waals surface area (Å²) in [5, 5.41) is 10.1. The van der Waals surface area contributed by atoms with Crippen LogP contribution in [0.25, 0.3) is 33.9 Å². The first-order valence-corrected chi connectivity index (χ1v) is 13.2. The molecule has 0 radical (unpaired) electrons. The van der Waals surface area contributed by atoms with Gasteiger partial charge in [-0.25, -0.2) is 19.3 Å². The van der Waals surface area contributed by atoms with Crippen molar-refractivity contribution in [2.24, 2.45) is 0 Å². The van der Waals surface area contributed by atoms with E-state index in [1.165, 1.54) is 18.6 Å². The van der Waals surface area contributed by atoms with Gasteiger partial charge in [-0.05, 0) is 37.5 Å². The van der Waals surface area contributed by atoms with E-state index in [4.69, 9.17) is 21.3 Å². The predicted molar refractivity (Wildman–Crippen MR) is 140 cm³/mol. The first kappa shape index (κ1) is 24.6. The lowest BCUT2D eigenvalue weighted by atomic mass is 9.87. The molecule has 0 aliphatic heterocycles. The van der Waals surface area contributed by atoms with Gasteiger partial charge in [0, 0.05) is 7.11 Å². The number of benzene rings is 1. The minimum Gasteiger partial charge on any atom is -0.377 e. The van der Waals surface area contributed by atoms with E-state index in [1.807, 2.05) is 10.6 Å². The zero-order chi connectivity index (χ0) is 26.2. The average Bonchev–Trinajstić information content (AvgIpc) is 3.68. The van der Waals surface area contributed by atoms with Gasteiger partial charge in [-0.15, -0.1) is 0 Å². The molecule has 13 heteroatoms. The number of fused-ring (bicyclic) bond motifs is 1. The normalized spacial score (nSPS) is 19.6. The third-order valence-electron chi connectivity index (χ3n) is 6.73. The maximum atomic E-state index is 15.1. The zero-order valence-electron chi connectivity index (χ0n) is 20.1. The Bertz CT molecular complexity index is 1600. The fraction of sp³-hybridized carbons (Fsp3) is 0.280. The minimum atomic E-state index is -0.423. The van der Waals surface area contributed by atoms with Crippen LogP contribution >= 0.6 is 22.9 Å². The lowest BCUT2D eigenvalue weighted by molar-refractivity contribution is 0.00532. The number of hydrogen-bond donors (Lipinski definition) is 2. The average molecular weight is 553 g/mol. The molecular formula is C25H22ClFN8O2S. The van der Waals surface area contributed by atoms with Crippen LogP contribution in [0, 0.1) is 5.82 Å². The molecule has 0 unspecified atom stereocenters. The maximum absolute atomic E-state index is 15.1. The summed E-state index contributed by atoms with van der Waals surface area (Å²) in [7, 11) is 1.62. The maximum Gasteiger partial charge on any atom is 0.280 e. The monoisotopic (exact) mass is 552 g/mol. The Hall–Kier alpha value is -3.74. The highest BCUT2D eigenvalue weighted by molar-refractivity contribution is 7.17. The first-order chi connectivity index (χ1) is 18.5. The van der Waals surface area contributed by atoms with Crippen molar-refractivity contribution >= 4 is 39.9 Å². The van der Waals surface area contributed by atoms with E-state index in [-0.39, 0.29) is 28.8 Å². The highest BCUT2D eigenvalue weighted by Gasteiger charge is 2.38. The van der Waals surface area contributed by atoms with E-state index >= 15 is 4.39 Å². The van der Waals surface area contributed by atoms with Gasteiger partial charge in [0.15, 0.2) is 10.8 Å². The summed E-state index contributed by atoms with van der Waals surface area (Å²) in [6.07, 6.45) is 6.35. The van der Waals surface area contributed by atoms with E-state index in [2.05, 4.69) is 30.5 Å². The number of H-pyrrole nitrogens is 1. The number of nitrogens with zero attached hydrogens (tertiary/aromatic N) is 6. The Balaban J connectivity index is 1.46. The highest BCUT2D eigenvalue weighted by atomic mass is 35.5. The Morgan fingerprint density at radius 1 is 1.24 bits per heavy atom. The number of methoxy groups -OCH3 is 1. The number of nitrogens with one attached hydrogen (secondary N) is 2. The van der Waals surface area contributed by atoms with Crippen LogP contribution in [0.4, 0.5) is 4.39 Å². The Morgan fingerprint density at radius 2 is 2.11 bits per heavy atom. The third-order valence-corrected chi connectivity index (χ3v) is 7.84. The molecule has 4 aromatic heterocycles. The van der Waals surface area contributed by atoms with E-state index in [1.54, 1.807) is 31.5 Å². The number of ether oxygens (including phenoxy) is 1. The number of hydrogen-bond acceptors (Lipinski definition) is 8. The number of thiazole rings is 1. The molecule has 0 bridgehead atoms. The lowest BCUT2D eigenvalue weighted by Gasteiger charge is -2.39. The van der Waals surface area contributed by atoms with Crippen LogP contribution in [0.1, 0.15) is 35.1 Å². The van der Waals surface area contributed by atoms with Crippen molar-refractivity contribution in [1.29, 1.82) is 0 Å². The summed E-state index contributed by atoms with van der Waals surface area (Å²) in [6.45, 7) is 0. The minimum absolute atomic E-state index is 0.261. The molecule has 6 rings (SSSR count). The van der Waals surface area contributed by atoms with E-state index in [9.17, 15) is 4.79 Å². The van der Waals surface area contributed by atoms with Gasteiger partial charge in [-0.3, -0.25) is 14.9 Å². The fourth-order valence-corrected chi connectivity index (χ4v) is 5.93. The van der Waals surface area contributed by atoms with Crippen molar-refractivity contribution < 1.29 is 13.9 Å². The molecule has 194 valence electrons. The van der Waals surface area contributed by atoms with Crippen molar-refractivity contribution in [2.75, 3.05) is 7.11 Å². The van der Waals surface area contributed by atoms with Crippen molar-refractivity contribution in [3.05, 3.63) is 64.2 Å². The van der Waals surface area contributed by atoms with Gasteiger partial charge < -0.3 is 14.6 Å². The summed E-state index contributed by atoms with van der Waals surface area (Å²) < 4.78 is 23.5. The number of pyridine rings is 1. The van der Waals surface area contributed by atoms with Crippen LogP contribution in [0.15, 0.2) is 49.1 Å². The number of aromatic amines is 1. The van der Waals surface area contributed by atoms with E-state index in [0.717, 1.165) is 29.7 Å². The molecular weight excluding hydrogens is 531 g/mol. The van der Waals surface area contributed by atoms with Crippen molar-refractivity contribution in [3.8, 4) is 22.9 Å². The Kier molecular flexibility index (Phi) is 6.60. The molecule has 1 fully saturated rings. The molecule has 4 heterocycles. The predicted octanol–water partition coefficient (Wildman–Crippen LogP) is 4.67. The van der Waals surface area contributed by atoms with E-state index in [0.29, 0.717) is 39.2 Å². The first-order valence-electron chi connectivity index (χ1n) is 12.0. The molecule has 1 amide bonds. The van der Waals surface area contributed by atoms with Gasteiger partial charge in [0.2, 0.25) is 0 Å². The van der Waals surface area contributed by atoms with Crippen molar-refractivity contribution in [3.63, 3.8) is 0 Å². The van der Waals surface area contributed by atoms with Crippen molar-refractivity contribution in [1.82, 2.24) is 40.0 Å². The highest BCUT2D eigenvalue weighted by Crippen LogP contribution is 2.38. The van der Waals surface area contributed by atoms with Crippen LogP contribution in [0.3, 0.4) is 0 Å². The van der Waals surface area contributed by atoms with Crippen molar-refractivity contribution in [2.45, 2.75) is 37.5 Å². The molecule has 10 nitrogen and oxygen atoms in total. The van der Waals surface area contributed by atoms with Crippen LogP contribution in [0.5, 0.6) is 0 Å². The second-order valence-corrected chi connectivity index (χ2v) is 10.6. The quantitative estimate of drug-likeness (QED) is 0.314. The number of halogens is 2. The Labute approximate surface area is 225 Å². The molecule has 5 aromatic rings. The third kappa shape index (κ3) is 4.44. The number of carbonyl (C=O) groups excluding carboxylic acids is 1. The second kappa shape index (κ2) is 10.2. The topological polar surface area (TPSA) is 124 Å². The molecule has 2 N–H and O–H groups in total. The molecule has 1 aromatic carbocycles. The number of rotatable bonds is 6. The van der Waals surface area contributed by atoms with Crippen LogP contribution in [0.2, 0.25) is 4.34 Å². The smallest absolute Gasteiger partial charge is 0.280 e. The SMILES string of the molecule is CO[C@H]1[C@@H](NC(=O)c2ncc(Cl)s2)CCC[C@H]1n1c(-c2ccccc2F)nc2cnc(-c3ncn[nH]3)cc21. The lowest BCUT2D eigenvalue weighted by Crippen LogP contribution is -2.50. The zero-order valence-corrected chi connectivity index (χ0v) is 21.7. The van der Waals surface area contributed by atoms with Crippen LogP contribution < -0.4 is 5.32 Å². The fourth-order valence-electron chi connectivity index (χ4n) is 5.11. The van der Waals surface area contributed by atoms with Crippen LogP contribution in [-0.4, -0.2) is 59.9 Å². The Morgan fingerprint density at radius 3 is 2.84 bits per heavy atom. The molecule has 1 aliphatic rings. The summed E-state index contributed by atoms with van der Waals surface area (Å²) in [5.41, 5.74) is 2.29. The van der Waals surface area contributed by atoms with Gasteiger partial charge in [0.1, 0.15) is 33.5 Å². The van der Waals surface area contributed by atoms with Gasteiger partial charge in [-0.2, -0.15) is 5.10 Å². The number of amides is 1. The van der Waals surface area contributed by atoms with Gasteiger partial charge in [-0.1, -0.05) is 35.1 Å². The summed E-state index contributed by atoms with van der Waals surface area (Å²) in [5.74, 6) is 0.269. The van der Waals surface area contributed by atoms with Gasteiger partial charge in [0.25, 0.3) is 5.91 Å². The molecule has 0 saturated heterocycles. The number of aromatic nitrogens is 7. The molecule has 1 aliphatic carbocycles. The molecule has 3 atom stereocenters. The molecule has 38 heavy (non-hydrogen) atoms. The van der Waals surface area contributed by atoms with Gasteiger partial charge in [0.05, 0.1) is 41.7 Å². The summed E-state index contributed by atoms with van der Waals surface area (Å²) in [6, 6.07) is 7.82. The standard InChI is InChI=1S/C25H22ClFN8O2S/c1-37-21-15(33-24(36)25-29-11-20(26)38-25)7-4-8-18(21)35-19-9-16(22-30-12-31-34-22)28-10-17(19)32-23(35)13-5-2-3-6-14(13)27/h2-3,5-6,9-12,15,18,21H,4,7-8H2,1H3,(H,33,36)(H,30,31,34)/t15-,18+,21-/m0/s1. The van der Waals surface area contributed by atoms with Gasteiger partial charge >= 0.3 is 0 Å². The summed E-state index contributed by atoms with van der Waals surface area (Å²) >= 11 is 7.10. The molecule has 0 spiro atoms. The summed E-state index contributed by atoms with van der Waals surface area (Å²) in [4.78, 5) is 30.5. The number of carbonyl (C=O) groups is 1. The largest absolute Gasteiger partial charge is 0.377 e. The van der Waals surface area contributed by atoms with Crippen LogP contribution in [-0.2, 0) is 4.74 Å². The van der Waals surface area contributed by atoms with E-state index < -0.39 is 6.10 Å². The molecule has 1 saturated carbocycles. The second-order valence-electron chi connectivity index (χ2n) is 8.93.